The Morgan fingerprint density at radius 2 is 2.05 bits per heavy atom. The molecule has 22 heavy (non-hydrogen) atoms. The molecule has 2 N–H and O–H groups in total. The van der Waals surface area contributed by atoms with E-state index >= 15 is 0 Å². The number of amides is 1. The number of rotatable bonds is 3. The second kappa shape index (κ2) is 6.24. The first-order valence-corrected chi connectivity index (χ1v) is 8.27. The molecule has 1 unspecified atom stereocenters. The molecule has 2 aliphatic heterocycles. The number of piperidine rings is 2. The minimum Gasteiger partial charge on any atom is -0.357 e. The predicted octanol–water partition coefficient (Wildman–Crippen LogP) is 1.70. The van der Waals surface area contributed by atoms with Crippen LogP contribution in [0.3, 0.4) is 0 Å². The summed E-state index contributed by atoms with van der Waals surface area (Å²) in [4.78, 5) is 18.3. The summed E-state index contributed by atoms with van der Waals surface area (Å²) in [5.74, 6) is 1.25. The molecule has 1 amide bonds. The second-order valence-corrected chi connectivity index (χ2v) is 6.98. The molecular weight excluding hydrogens is 276 g/mol. The third-order valence-electron chi connectivity index (χ3n) is 4.90. The van der Waals surface area contributed by atoms with Gasteiger partial charge in [-0.1, -0.05) is 6.07 Å². The van der Waals surface area contributed by atoms with Crippen molar-refractivity contribution >= 4 is 11.7 Å². The van der Waals surface area contributed by atoms with Gasteiger partial charge in [0.2, 0.25) is 5.91 Å². The number of carbonyl (C=O) groups excluding carboxylic acids is 1. The van der Waals surface area contributed by atoms with Gasteiger partial charge in [-0.3, -0.25) is 4.79 Å². The van der Waals surface area contributed by atoms with Gasteiger partial charge in [-0.05, 0) is 45.2 Å². The molecule has 3 rings (SSSR count). The molecule has 2 aliphatic rings. The highest BCUT2D eigenvalue weighted by Crippen LogP contribution is 2.23. The first-order chi connectivity index (χ1) is 10.5. The summed E-state index contributed by atoms with van der Waals surface area (Å²) < 4.78 is 0. The van der Waals surface area contributed by atoms with E-state index in [0.717, 1.165) is 38.2 Å². The molecule has 2 saturated heterocycles. The van der Waals surface area contributed by atoms with Crippen LogP contribution in [0.4, 0.5) is 5.82 Å². The fourth-order valence-electron chi connectivity index (χ4n) is 3.54. The van der Waals surface area contributed by atoms with Gasteiger partial charge in [-0.15, -0.1) is 0 Å². The SMILES string of the molecule is CC1(C)NC(=O)CCC1NC1CCN(c2ccccn2)CC1. The van der Waals surface area contributed by atoms with Crippen LogP contribution in [0.2, 0.25) is 0 Å². The van der Waals surface area contributed by atoms with Gasteiger partial charge >= 0.3 is 0 Å². The minimum atomic E-state index is -0.159. The molecule has 0 aliphatic carbocycles. The highest BCUT2D eigenvalue weighted by Gasteiger charge is 2.36. The molecule has 5 heteroatoms. The fourth-order valence-corrected chi connectivity index (χ4v) is 3.54. The Kier molecular flexibility index (Phi) is 4.34. The van der Waals surface area contributed by atoms with Crippen molar-refractivity contribution in [3.63, 3.8) is 0 Å². The molecule has 1 aromatic heterocycles. The summed E-state index contributed by atoms with van der Waals surface area (Å²) in [5.41, 5.74) is -0.159. The molecule has 2 fully saturated rings. The van der Waals surface area contributed by atoms with Gasteiger partial charge < -0.3 is 15.5 Å². The van der Waals surface area contributed by atoms with Gasteiger partial charge in [0, 0.05) is 43.3 Å². The normalized spacial score (nSPS) is 25.8. The molecule has 1 atom stereocenters. The standard InChI is InChI=1S/C17H26N4O/c1-17(2)14(6-7-16(22)20-17)19-13-8-11-21(12-9-13)15-5-3-4-10-18-15/h3-5,10,13-14,19H,6-9,11-12H2,1-2H3,(H,20,22). The van der Waals surface area contributed by atoms with E-state index in [2.05, 4.69) is 40.4 Å². The van der Waals surface area contributed by atoms with Crippen LogP contribution in [0.1, 0.15) is 39.5 Å². The number of pyridine rings is 1. The van der Waals surface area contributed by atoms with Crippen molar-refractivity contribution in [3.8, 4) is 0 Å². The zero-order valence-electron chi connectivity index (χ0n) is 13.5. The van der Waals surface area contributed by atoms with E-state index in [9.17, 15) is 4.79 Å². The van der Waals surface area contributed by atoms with Crippen LogP contribution in [0.25, 0.3) is 0 Å². The molecule has 0 bridgehead atoms. The van der Waals surface area contributed by atoms with Crippen LogP contribution < -0.4 is 15.5 Å². The summed E-state index contributed by atoms with van der Waals surface area (Å²) in [7, 11) is 0. The summed E-state index contributed by atoms with van der Waals surface area (Å²) in [5, 5.41) is 6.89. The monoisotopic (exact) mass is 302 g/mol. The van der Waals surface area contributed by atoms with Crippen LogP contribution in [0.15, 0.2) is 24.4 Å². The quantitative estimate of drug-likeness (QED) is 0.892. The van der Waals surface area contributed by atoms with Crippen LogP contribution >= 0.6 is 0 Å². The van der Waals surface area contributed by atoms with Crippen LogP contribution in [0.5, 0.6) is 0 Å². The van der Waals surface area contributed by atoms with Crippen molar-refractivity contribution in [1.29, 1.82) is 0 Å². The first-order valence-electron chi connectivity index (χ1n) is 8.27. The Hall–Kier alpha value is -1.62. The van der Waals surface area contributed by atoms with Crippen LogP contribution in [0, 0.1) is 0 Å². The Labute approximate surface area is 132 Å². The summed E-state index contributed by atoms with van der Waals surface area (Å²) in [6.45, 7) is 6.30. The molecular formula is C17H26N4O. The van der Waals surface area contributed by atoms with Crippen molar-refractivity contribution in [1.82, 2.24) is 15.6 Å². The van der Waals surface area contributed by atoms with Crippen molar-refractivity contribution in [2.45, 2.75) is 57.2 Å². The number of anilines is 1. The molecule has 120 valence electrons. The third-order valence-corrected chi connectivity index (χ3v) is 4.90. The van der Waals surface area contributed by atoms with E-state index in [1.807, 2.05) is 18.3 Å². The lowest BCUT2D eigenvalue weighted by Crippen LogP contribution is -2.63. The van der Waals surface area contributed by atoms with Crippen LogP contribution in [-0.2, 0) is 4.79 Å². The summed E-state index contributed by atoms with van der Waals surface area (Å²) in [6.07, 6.45) is 5.66. The van der Waals surface area contributed by atoms with Gasteiger partial charge in [0.05, 0.1) is 0 Å². The van der Waals surface area contributed by atoms with E-state index in [1.54, 1.807) is 0 Å². The van der Waals surface area contributed by atoms with Gasteiger partial charge in [0.25, 0.3) is 0 Å². The Morgan fingerprint density at radius 3 is 2.68 bits per heavy atom. The highest BCUT2D eigenvalue weighted by molar-refractivity contribution is 5.77. The first kappa shape index (κ1) is 15.3. The zero-order valence-corrected chi connectivity index (χ0v) is 13.5. The van der Waals surface area contributed by atoms with Gasteiger partial charge in [-0.2, -0.15) is 0 Å². The van der Waals surface area contributed by atoms with E-state index in [0.29, 0.717) is 18.5 Å². The maximum absolute atomic E-state index is 11.6. The number of hydrogen-bond acceptors (Lipinski definition) is 4. The van der Waals surface area contributed by atoms with E-state index < -0.39 is 0 Å². The maximum Gasteiger partial charge on any atom is 0.220 e. The smallest absolute Gasteiger partial charge is 0.220 e. The summed E-state index contributed by atoms with van der Waals surface area (Å²) in [6, 6.07) is 6.96. The van der Waals surface area contributed by atoms with Crippen molar-refractivity contribution < 1.29 is 4.79 Å². The zero-order chi connectivity index (χ0) is 15.6. The van der Waals surface area contributed by atoms with Gasteiger partial charge in [0.1, 0.15) is 5.82 Å². The minimum absolute atomic E-state index is 0.159. The Balaban J connectivity index is 1.53. The number of nitrogens with one attached hydrogen (secondary N) is 2. The van der Waals surface area contributed by atoms with Crippen molar-refractivity contribution in [2.24, 2.45) is 0 Å². The number of nitrogens with zero attached hydrogens (tertiary/aromatic N) is 2. The third kappa shape index (κ3) is 3.40. The van der Waals surface area contributed by atoms with E-state index in [4.69, 9.17) is 0 Å². The topological polar surface area (TPSA) is 57.3 Å². The Bertz CT molecular complexity index is 509. The number of hydrogen-bond donors (Lipinski definition) is 2. The molecule has 0 aromatic carbocycles. The lowest BCUT2D eigenvalue weighted by molar-refractivity contribution is -0.125. The number of carbonyl (C=O) groups is 1. The fraction of sp³-hybridized carbons (Fsp3) is 0.647. The largest absolute Gasteiger partial charge is 0.357 e. The lowest BCUT2D eigenvalue weighted by Gasteiger charge is -2.43. The number of aromatic nitrogens is 1. The van der Waals surface area contributed by atoms with Crippen molar-refractivity contribution in [3.05, 3.63) is 24.4 Å². The molecule has 1 aromatic rings. The highest BCUT2D eigenvalue weighted by atomic mass is 16.1. The average Bonchev–Trinajstić information content (AvgIpc) is 2.51. The molecule has 3 heterocycles. The molecule has 0 spiro atoms. The Morgan fingerprint density at radius 1 is 1.27 bits per heavy atom. The predicted molar refractivity (Wildman–Crippen MR) is 87.9 cm³/mol. The van der Waals surface area contributed by atoms with E-state index in [-0.39, 0.29) is 11.4 Å². The molecule has 0 radical (unpaired) electrons. The summed E-state index contributed by atoms with van der Waals surface area (Å²) >= 11 is 0. The van der Waals surface area contributed by atoms with Gasteiger partial charge in [-0.25, -0.2) is 4.98 Å². The van der Waals surface area contributed by atoms with Crippen LogP contribution in [-0.4, -0.2) is 41.6 Å². The second-order valence-electron chi connectivity index (χ2n) is 6.98. The van der Waals surface area contributed by atoms with Gasteiger partial charge in [0.15, 0.2) is 0 Å². The molecule has 0 saturated carbocycles. The molecule has 5 nitrogen and oxygen atoms in total. The average molecular weight is 302 g/mol. The maximum atomic E-state index is 11.6. The van der Waals surface area contributed by atoms with Crippen molar-refractivity contribution in [2.75, 3.05) is 18.0 Å². The van der Waals surface area contributed by atoms with E-state index in [1.165, 1.54) is 0 Å². The lowest BCUT2D eigenvalue weighted by atomic mass is 9.85.